The van der Waals surface area contributed by atoms with Gasteiger partial charge in [-0.1, -0.05) is 37.0 Å². The maximum atomic E-state index is 12.5. The molecule has 0 aliphatic carbocycles. The van der Waals surface area contributed by atoms with E-state index in [9.17, 15) is 8.42 Å². The maximum absolute atomic E-state index is 12.5. The highest BCUT2D eigenvalue weighted by Crippen LogP contribution is 2.33. The van der Waals surface area contributed by atoms with Crippen LogP contribution in [-0.4, -0.2) is 20.5 Å². The number of hydrogen-bond acceptors (Lipinski definition) is 3. The lowest BCUT2D eigenvalue weighted by Gasteiger charge is -2.27. The summed E-state index contributed by atoms with van der Waals surface area (Å²) in [7, 11) is -3.77. The maximum Gasteiger partial charge on any atom is 0.242 e. The van der Waals surface area contributed by atoms with Gasteiger partial charge in [-0.05, 0) is 43.9 Å². The van der Waals surface area contributed by atoms with Crippen LogP contribution in [-0.2, 0) is 10.0 Å². The van der Waals surface area contributed by atoms with Gasteiger partial charge in [0.15, 0.2) is 0 Å². The van der Waals surface area contributed by atoms with E-state index in [4.69, 9.17) is 28.9 Å². The highest BCUT2D eigenvalue weighted by molar-refractivity contribution is 7.89. The van der Waals surface area contributed by atoms with E-state index >= 15 is 0 Å². The Labute approximate surface area is 137 Å². The van der Waals surface area contributed by atoms with Gasteiger partial charge in [-0.2, -0.15) is 0 Å². The molecule has 120 valence electrons. The lowest BCUT2D eigenvalue weighted by molar-refractivity contribution is 0.391. The van der Waals surface area contributed by atoms with Crippen LogP contribution >= 0.6 is 23.2 Å². The smallest absolute Gasteiger partial charge is 0.242 e. The third-order valence-corrected chi connectivity index (χ3v) is 6.44. The zero-order valence-corrected chi connectivity index (χ0v) is 15.1. The van der Waals surface area contributed by atoms with Crippen molar-refractivity contribution in [3.8, 4) is 0 Å². The third-order valence-electron chi connectivity index (χ3n) is 3.88. The van der Waals surface area contributed by atoms with Gasteiger partial charge in [0.05, 0.1) is 5.02 Å². The summed E-state index contributed by atoms with van der Waals surface area (Å²) in [5.74, 6) is 0. The fraction of sp³-hybridized carbons (Fsp3) is 0.571. The van der Waals surface area contributed by atoms with Gasteiger partial charge < -0.3 is 5.73 Å². The quantitative estimate of drug-likeness (QED) is 0.823. The molecule has 7 heteroatoms. The van der Waals surface area contributed by atoms with Crippen LogP contribution < -0.4 is 10.5 Å². The van der Waals surface area contributed by atoms with Crippen molar-refractivity contribution in [2.24, 2.45) is 5.73 Å². The van der Waals surface area contributed by atoms with E-state index in [1.807, 2.05) is 13.8 Å². The molecule has 0 aliphatic rings. The number of halogens is 2. The number of aryl methyl sites for hydroxylation is 1. The summed E-state index contributed by atoms with van der Waals surface area (Å²) in [5.41, 5.74) is 6.63. The summed E-state index contributed by atoms with van der Waals surface area (Å²) in [6, 6.07) is 1.66. The predicted molar refractivity (Wildman–Crippen MR) is 88.6 cm³/mol. The molecular weight excluding hydrogens is 331 g/mol. The first-order valence-electron chi connectivity index (χ1n) is 6.81. The van der Waals surface area contributed by atoms with Gasteiger partial charge in [-0.25, -0.2) is 13.1 Å². The first-order valence-corrected chi connectivity index (χ1v) is 9.05. The molecule has 1 aromatic carbocycles. The van der Waals surface area contributed by atoms with E-state index in [2.05, 4.69) is 4.72 Å². The van der Waals surface area contributed by atoms with Crippen LogP contribution in [0.3, 0.4) is 0 Å². The Balaban J connectivity index is 3.21. The van der Waals surface area contributed by atoms with Gasteiger partial charge in [0.25, 0.3) is 0 Å². The molecule has 0 bridgehead atoms. The Kier molecular flexibility index (Phi) is 6.09. The lowest BCUT2D eigenvalue weighted by atomic mass is 9.95. The van der Waals surface area contributed by atoms with Crippen LogP contribution in [0.4, 0.5) is 0 Å². The van der Waals surface area contributed by atoms with Crippen molar-refractivity contribution in [1.29, 1.82) is 0 Å². The Bertz CT molecular complexity index is 600. The average molecular weight is 353 g/mol. The second-order valence-corrected chi connectivity index (χ2v) is 7.83. The fourth-order valence-corrected chi connectivity index (χ4v) is 4.29. The van der Waals surface area contributed by atoms with Gasteiger partial charge in [0.1, 0.15) is 4.90 Å². The van der Waals surface area contributed by atoms with E-state index < -0.39 is 15.6 Å². The highest BCUT2D eigenvalue weighted by atomic mass is 35.5. The van der Waals surface area contributed by atoms with E-state index in [0.29, 0.717) is 29.0 Å². The molecule has 0 heterocycles. The Morgan fingerprint density at radius 2 is 1.76 bits per heavy atom. The molecule has 0 aromatic heterocycles. The topological polar surface area (TPSA) is 72.2 Å². The molecule has 1 rings (SSSR count). The molecule has 0 spiro atoms. The zero-order valence-electron chi connectivity index (χ0n) is 12.8. The molecule has 0 saturated heterocycles. The zero-order chi connectivity index (χ0) is 16.4. The van der Waals surface area contributed by atoms with Crippen LogP contribution in [0.25, 0.3) is 0 Å². The van der Waals surface area contributed by atoms with Crippen LogP contribution in [0.2, 0.25) is 10.0 Å². The number of benzene rings is 1. The minimum atomic E-state index is -3.77. The van der Waals surface area contributed by atoms with Crippen LogP contribution in [0.5, 0.6) is 0 Å². The van der Waals surface area contributed by atoms with Gasteiger partial charge in [-0.3, -0.25) is 0 Å². The second-order valence-electron chi connectivity index (χ2n) is 5.34. The molecule has 0 atom stereocenters. The predicted octanol–water partition coefficient (Wildman–Crippen LogP) is 3.41. The summed E-state index contributed by atoms with van der Waals surface area (Å²) in [5, 5.41) is 0.572. The number of hydrogen-bond donors (Lipinski definition) is 2. The molecule has 1 aromatic rings. The summed E-state index contributed by atoms with van der Waals surface area (Å²) in [4.78, 5) is 0.0312. The first-order chi connectivity index (χ1) is 9.58. The van der Waals surface area contributed by atoms with Gasteiger partial charge >= 0.3 is 0 Å². The second kappa shape index (κ2) is 6.84. The average Bonchev–Trinajstić information content (AvgIpc) is 2.43. The molecule has 4 nitrogen and oxygen atoms in total. The van der Waals surface area contributed by atoms with Gasteiger partial charge in [0.2, 0.25) is 10.0 Å². The Hall–Kier alpha value is -0.330. The van der Waals surface area contributed by atoms with Crippen LogP contribution in [0.15, 0.2) is 11.0 Å². The lowest BCUT2D eigenvalue weighted by Crippen LogP contribution is -2.49. The minimum Gasteiger partial charge on any atom is -0.324 e. The Morgan fingerprint density at radius 1 is 1.24 bits per heavy atom. The summed E-state index contributed by atoms with van der Waals surface area (Å²) < 4.78 is 27.7. The molecule has 21 heavy (non-hydrogen) atoms. The molecule has 3 N–H and O–H groups in total. The Morgan fingerprint density at radius 3 is 2.24 bits per heavy atom. The number of nitrogens with one attached hydrogen (secondary N) is 1. The van der Waals surface area contributed by atoms with Gasteiger partial charge in [-0.15, -0.1) is 0 Å². The van der Waals surface area contributed by atoms with Crippen molar-refractivity contribution < 1.29 is 8.42 Å². The van der Waals surface area contributed by atoms with Crippen molar-refractivity contribution in [2.45, 2.75) is 51.0 Å². The molecule has 0 radical (unpaired) electrons. The van der Waals surface area contributed by atoms with Crippen molar-refractivity contribution >= 4 is 33.2 Å². The van der Waals surface area contributed by atoms with E-state index in [1.165, 1.54) is 0 Å². The largest absolute Gasteiger partial charge is 0.324 e. The molecule has 0 unspecified atom stereocenters. The summed E-state index contributed by atoms with van der Waals surface area (Å²) in [6.07, 6.45) is 1.35. The fourth-order valence-electron chi connectivity index (χ4n) is 1.94. The van der Waals surface area contributed by atoms with E-state index in [1.54, 1.807) is 19.9 Å². The third kappa shape index (κ3) is 4.11. The first kappa shape index (κ1) is 18.7. The molecule has 0 fully saturated rings. The molecule has 0 aliphatic heterocycles. The van der Waals surface area contributed by atoms with Crippen LogP contribution in [0, 0.1) is 13.8 Å². The normalized spacial score (nSPS) is 12.7. The minimum absolute atomic E-state index is 0.0312. The number of nitrogens with two attached hydrogens (primary N) is 1. The van der Waals surface area contributed by atoms with Crippen molar-refractivity contribution in [3.05, 3.63) is 27.2 Å². The summed E-state index contributed by atoms with van der Waals surface area (Å²) in [6.45, 7) is 7.37. The number of rotatable bonds is 6. The number of sulfonamides is 1. The van der Waals surface area contributed by atoms with Crippen molar-refractivity contribution in [3.63, 3.8) is 0 Å². The highest BCUT2D eigenvalue weighted by Gasteiger charge is 2.27. The van der Waals surface area contributed by atoms with Crippen LogP contribution in [0.1, 0.15) is 37.8 Å². The monoisotopic (exact) mass is 352 g/mol. The standard InChI is InChI=1S/C14H22Cl2N2O2S/c1-5-14(17,6-2)8-18-21(19,20)13-10(4)11(15)7-9(3)12(13)16/h7,18H,5-6,8,17H2,1-4H3. The molecule has 0 saturated carbocycles. The van der Waals surface area contributed by atoms with E-state index in [0.717, 1.165) is 0 Å². The molecule has 0 amide bonds. The SMILES string of the molecule is CCC(N)(CC)CNS(=O)(=O)c1c(C)c(Cl)cc(C)c1Cl. The van der Waals surface area contributed by atoms with Gasteiger partial charge in [0, 0.05) is 17.1 Å². The van der Waals surface area contributed by atoms with Crippen molar-refractivity contribution in [2.75, 3.05) is 6.54 Å². The van der Waals surface area contributed by atoms with E-state index in [-0.39, 0.29) is 16.5 Å². The molecular formula is C14H22Cl2N2O2S. The summed E-state index contributed by atoms with van der Waals surface area (Å²) >= 11 is 12.2. The van der Waals surface area contributed by atoms with Crippen molar-refractivity contribution in [1.82, 2.24) is 4.72 Å².